The smallest absolute Gasteiger partial charge is 0.130 e. The minimum Gasteiger partial charge on any atom is -1.00 e. The molecule has 0 atom stereocenters. The van der Waals surface area contributed by atoms with E-state index < -0.39 is 0 Å². The van der Waals surface area contributed by atoms with Gasteiger partial charge in [-0.05, 0) is 24.3 Å². The Kier molecular flexibility index (Phi) is 8.23. The van der Waals surface area contributed by atoms with Crippen molar-refractivity contribution in [2.75, 3.05) is 46.4 Å². The number of hydrogen-bond donors (Lipinski definition) is 0. The molecule has 6 heteroatoms. The van der Waals surface area contributed by atoms with Crippen LogP contribution in [0.5, 0.6) is 5.75 Å². The maximum absolute atomic E-state index is 5.88. The van der Waals surface area contributed by atoms with Crippen molar-refractivity contribution in [3.63, 3.8) is 0 Å². The highest BCUT2D eigenvalue weighted by molar-refractivity contribution is 6.30. The van der Waals surface area contributed by atoms with Gasteiger partial charge in [-0.3, -0.25) is 9.89 Å². The predicted molar refractivity (Wildman–Crippen MR) is 104 cm³/mol. The minimum atomic E-state index is 0. The number of aliphatic imine (C=N–C) groups is 1. The molecular weight excluding hydrogens is 369 g/mol. The van der Waals surface area contributed by atoms with Crippen molar-refractivity contribution in [3.05, 3.63) is 65.2 Å². The molecule has 0 saturated carbocycles. The first-order chi connectivity index (χ1) is 12.3. The van der Waals surface area contributed by atoms with Crippen molar-refractivity contribution in [3.8, 4) is 5.75 Å². The fraction of sp³-hybridized carbons (Fsp3) is 0.350. The van der Waals surface area contributed by atoms with Gasteiger partial charge in [0.1, 0.15) is 18.2 Å². The summed E-state index contributed by atoms with van der Waals surface area (Å²) in [6, 6.07) is 17.9. The first-order valence-corrected chi connectivity index (χ1v) is 9.02. The molecule has 2 aromatic rings. The van der Waals surface area contributed by atoms with Crippen LogP contribution in [0.25, 0.3) is 0 Å². The van der Waals surface area contributed by atoms with Crippen LogP contribution in [-0.2, 0) is 0 Å². The van der Waals surface area contributed by atoms with Crippen LogP contribution < -0.4 is 17.1 Å². The van der Waals surface area contributed by atoms with E-state index in [1.54, 1.807) is 0 Å². The monoisotopic (exact) mass is 392 g/mol. The molecule has 1 aliphatic rings. The molecule has 4 nitrogen and oxygen atoms in total. The van der Waals surface area contributed by atoms with Gasteiger partial charge in [-0.25, -0.2) is 0 Å². The number of ether oxygens (including phenoxy) is 1. The molecule has 0 aliphatic carbocycles. The van der Waals surface area contributed by atoms with Gasteiger partial charge in [0.05, 0.1) is 0 Å². The van der Waals surface area contributed by atoms with Gasteiger partial charge in [-0.15, -0.1) is 0 Å². The Morgan fingerprint density at radius 3 is 2.27 bits per heavy atom. The second-order valence-corrected chi connectivity index (χ2v) is 6.48. The summed E-state index contributed by atoms with van der Waals surface area (Å²) in [6.07, 6.45) is 0. The fourth-order valence-electron chi connectivity index (χ4n) is 3.05. The van der Waals surface area contributed by atoms with Crippen LogP contribution in [0.15, 0.2) is 59.6 Å². The van der Waals surface area contributed by atoms with Crippen LogP contribution in [-0.4, -0.2) is 62.0 Å². The van der Waals surface area contributed by atoms with E-state index in [2.05, 4.69) is 39.1 Å². The van der Waals surface area contributed by atoms with Crippen molar-refractivity contribution in [1.29, 1.82) is 0 Å². The van der Waals surface area contributed by atoms with Crippen LogP contribution in [0.1, 0.15) is 5.56 Å². The summed E-state index contributed by atoms with van der Waals surface area (Å²) in [5.74, 6) is 1.95. The van der Waals surface area contributed by atoms with Gasteiger partial charge < -0.3 is 22.0 Å². The lowest BCUT2D eigenvalue weighted by Crippen LogP contribution is -3.00. The third-order valence-corrected chi connectivity index (χ3v) is 4.66. The van der Waals surface area contributed by atoms with Crippen LogP contribution in [0, 0.1) is 0 Å². The number of halogens is 2. The molecular formula is C20H24Cl2N3O-. The highest BCUT2D eigenvalue weighted by atomic mass is 35.5. The molecule has 0 bridgehead atoms. The van der Waals surface area contributed by atoms with Gasteiger partial charge in [0.2, 0.25) is 0 Å². The second-order valence-electron chi connectivity index (χ2n) is 6.04. The molecule has 2 aromatic carbocycles. The third kappa shape index (κ3) is 5.63. The molecule has 26 heavy (non-hydrogen) atoms. The Bertz CT molecular complexity index is 684. The van der Waals surface area contributed by atoms with Gasteiger partial charge in [0.25, 0.3) is 0 Å². The van der Waals surface area contributed by atoms with E-state index in [0.717, 1.165) is 49.3 Å². The molecule has 3 rings (SSSR count). The average molecular weight is 393 g/mol. The summed E-state index contributed by atoms with van der Waals surface area (Å²) in [7, 11) is 1.87. The van der Waals surface area contributed by atoms with Crippen LogP contribution in [0.2, 0.25) is 5.02 Å². The molecule has 0 spiro atoms. The fourth-order valence-corrected chi connectivity index (χ4v) is 3.17. The number of amidine groups is 1. The number of piperazine rings is 1. The Hall–Kier alpha value is -1.75. The summed E-state index contributed by atoms with van der Waals surface area (Å²) in [5, 5.41) is 0.732. The van der Waals surface area contributed by atoms with Crippen molar-refractivity contribution >= 4 is 17.4 Å². The standard InChI is InChI=1S/C20H24ClN3O.ClH/c1-22-20(17-5-3-2-4-6-17)24-13-11-23(12-14-24)15-16-25-19-9-7-18(21)8-10-19;/h2-10H,11-16H2,1H3;1H/p-1. The van der Waals surface area contributed by atoms with E-state index in [9.17, 15) is 0 Å². The Labute approximate surface area is 166 Å². The Morgan fingerprint density at radius 1 is 1.00 bits per heavy atom. The summed E-state index contributed by atoms with van der Waals surface area (Å²) >= 11 is 5.88. The zero-order chi connectivity index (χ0) is 17.5. The molecule has 1 aliphatic heterocycles. The van der Waals surface area contributed by atoms with E-state index in [4.69, 9.17) is 16.3 Å². The molecule has 0 amide bonds. The van der Waals surface area contributed by atoms with Gasteiger partial charge in [-0.1, -0.05) is 41.9 Å². The highest BCUT2D eigenvalue weighted by Crippen LogP contribution is 2.15. The molecule has 0 unspecified atom stereocenters. The number of benzene rings is 2. The van der Waals surface area contributed by atoms with Crippen molar-refractivity contribution in [1.82, 2.24) is 9.80 Å². The van der Waals surface area contributed by atoms with Gasteiger partial charge in [0.15, 0.2) is 0 Å². The summed E-state index contributed by atoms with van der Waals surface area (Å²) in [5.41, 5.74) is 1.18. The minimum absolute atomic E-state index is 0. The molecule has 0 N–H and O–H groups in total. The molecule has 1 heterocycles. The lowest BCUT2D eigenvalue weighted by Gasteiger charge is -2.36. The number of rotatable bonds is 5. The number of hydrogen-bond acceptors (Lipinski definition) is 3. The van der Waals surface area contributed by atoms with Crippen LogP contribution in [0.4, 0.5) is 0 Å². The molecule has 140 valence electrons. The first kappa shape index (κ1) is 20.6. The van der Waals surface area contributed by atoms with Crippen molar-refractivity contribution in [2.45, 2.75) is 0 Å². The zero-order valence-corrected chi connectivity index (χ0v) is 16.5. The Morgan fingerprint density at radius 2 is 1.65 bits per heavy atom. The molecule has 1 saturated heterocycles. The van der Waals surface area contributed by atoms with E-state index in [0.29, 0.717) is 6.61 Å². The summed E-state index contributed by atoms with van der Waals surface area (Å²) < 4.78 is 5.79. The molecule has 0 radical (unpaired) electrons. The topological polar surface area (TPSA) is 28.1 Å². The summed E-state index contributed by atoms with van der Waals surface area (Å²) in [4.78, 5) is 9.31. The molecule has 1 fully saturated rings. The summed E-state index contributed by atoms with van der Waals surface area (Å²) in [6.45, 7) is 5.64. The second kappa shape index (κ2) is 10.4. The van der Waals surface area contributed by atoms with Crippen LogP contribution in [0.3, 0.4) is 0 Å². The van der Waals surface area contributed by atoms with Crippen molar-refractivity contribution in [2.24, 2.45) is 4.99 Å². The number of nitrogens with zero attached hydrogens (tertiary/aromatic N) is 3. The van der Waals surface area contributed by atoms with Crippen molar-refractivity contribution < 1.29 is 17.1 Å². The first-order valence-electron chi connectivity index (χ1n) is 8.64. The lowest BCUT2D eigenvalue weighted by atomic mass is 10.1. The van der Waals surface area contributed by atoms with E-state index in [-0.39, 0.29) is 12.4 Å². The van der Waals surface area contributed by atoms with Crippen LogP contribution >= 0.6 is 11.6 Å². The van der Waals surface area contributed by atoms with Gasteiger partial charge >= 0.3 is 0 Å². The molecule has 0 aromatic heterocycles. The highest BCUT2D eigenvalue weighted by Gasteiger charge is 2.20. The van der Waals surface area contributed by atoms with E-state index in [1.807, 2.05) is 37.4 Å². The van der Waals surface area contributed by atoms with E-state index in [1.165, 1.54) is 5.56 Å². The zero-order valence-electron chi connectivity index (χ0n) is 14.9. The maximum Gasteiger partial charge on any atom is 0.130 e. The average Bonchev–Trinajstić information content (AvgIpc) is 2.66. The lowest BCUT2D eigenvalue weighted by molar-refractivity contribution is -0.00000554. The normalized spacial score (nSPS) is 15.5. The van der Waals surface area contributed by atoms with Gasteiger partial charge in [-0.2, -0.15) is 0 Å². The SMILES string of the molecule is CN=C(c1ccccc1)N1CCN(CCOc2ccc(Cl)cc2)CC1.[Cl-]. The Balaban J connectivity index is 0.00000243. The predicted octanol–water partition coefficient (Wildman–Crippen LogP) is 0.417. The largest absolute Gasteiger partial charge is 1.00 e. The quantitative estimate of drug-likeness (QED) is 0.545. The van der Waals surface area contributed by atoms with E-state index >= 15 is 0 Å². The third-order valence-electron chi connectivity index (χ3n) is 4.41. The maximum atomic E-state index is 5.88. The van der Waals surface area contributed by atoms with Gasteiger partial charge in [0, 0.05) is 50.4 Å².